The van der Waals surface area contributed by atoms with Crippen LogP contribution in [0.15, 0.2) is 0 Å². The molecule has 0 aliphatic carbocycles. The summed E-state index contributed by atoms with van der Waals surface area (Å²) in [5.74, 6) is -0.395. The van der Waals surface area contributed by atoms with Gasteiger partial charge in [-0.3, -0.25) is 14.4 Å². The molecule has 0 aromatic carbocycles. The molecule has 136 valence electrons. The lowest BCUT2D eigenvalue weighted by Crippen LogP contribution is -2.38. The first kappa shape index (κ1) is 19.0. The van der Waals surface area contributed by atoms with E-state index in [-0.39, 0.29) is 12.2 Å². The van der Waals surface area contributed by atoms with E-state index < -0.39 is 22.8 Å². The monoisotopic (exact) mass is 368 g/mol. The number of rotatable bonds is 6. The van der Waals surface area contributed by atoms with E-state index in [1.165, 1.54) is 6.92 Å². The van der Waals surface area contributed by atoms with E-state index in [9.17, 15) is 18.0 Å². The number of nitrogens with one attached hydrogen (secondary N) is 1. The van der Waals surface area contributed by atoms with Gasteiger partial charge in [0.1, 0.15) is 6.54 Å². The van der Waals surface area contributed by atoms with Crippen molar-refractivity contribution in [1.82, 2.24) is 20.0 Å². The van der Waals surface area contributed by atoms with E-state index in [1.54, 1.807) is 0 Å². The average molecular weight is 369 g/mol. The first-order valence-electron chi connectivity index (χ1n) is 7.66. The summed E-state index contributed by atoms with van der Waals surface area (Å²) in [6, 6.07) is 0. The van der Waals surface area contributed by atoms with Crippen LogP contribution < -0.4 is 5.32 Å². The third-order valence-corrected chi connectivity index (χ3v) is 4.22. The van der Waals surface area contributed by atoms with Gasteiger partial charge in [-0.05, 0) is 19.9 Å². The molecule has 1 amide bonds. The minimum Gasteiger partial charge on any atom is -0.379 e. The number of carbonyl (C=O) groups excluding carboxylic acids is 1. The Bertz CT molecular complexity index is 571. The molecule has 1 aromatic heterocycles. The molecule has 0 radical (unpaired) electrons. The summed E-state index contributed by atoms with van der Waals surface area (Å²) in [6.45, 7) is 5.58. The van der Waals surface area contributed by atoms with Crippen LogP contribution in [0.3, 0.4) is 0 Å². The molecule has 10 heteroatoms. The van der Waals surface area contributed by atoms with Crippen molar-refractivity contribution in [2.24, 2.45) is 0 Å². The molecule has 2 rings (SSSR count). The minimum absolute atomic E-state index is 0.118. The topological polar surface area (TPSA) is 59.4 Å². The zero-order chi connectivity index (χ0) is 17.7. The van der Waals surface area contributed by atoms with E-state index in [0.29, 0.717) is 19.8 Å². The lowest BCUT2D eigenvalue weighted by molar-refractivity contribution is -0.141. The molecule has 6 nitrogen and oxygen atoms in total. The summed E-state index contributed by atoms with van der Waals surface area (Å²) in [5.41, 5.74) is -1.05. The quantitative estimate of drug-likeness (QED) is 0.776. The predicted molar refractivity (Wildman–Crippen MR) is 81.9 cm³/mol. The van der Waals surface area contributed by atoms with Crippen molar-refractivity contribution in [2.45, 2.75) is 26.1 Å². The third-order valence-electron chi connectivity index (χ3n) is 3.77. The number of hydrogen-bond donors (Lipinski definition) is 1. The fourth-order valence-electron chi connectivity index (χ4n) is 2.41. The van der Waals surface area contributed by atoms with E-state index in [0.717, 1.165) is 30.7 Å². The molecule has 0 spiro atoms. The van der Waals surface area contributed by atoms with Gasteiger partial charge in [-0.2, -0.15) is 18.3 Å². The van der Waals surface area contributed by atoms with Gasteiger partial charge in [0.2, 0.25) is 5.91 Å². The molecule has 0 unspecified atom stereocenters. The second-order valence-electron chi connectivity index (χ2n) is 5.56. The summed E-state index contributed by atoms with van der Waals surface area (Å²) in [4.78, 5) is 14.1. The smallest absolute Gasteiger partial charge is 0.379 e. The molecule has 1 fully saturated rings. The Kier molecular flexibility index (Phi) is 6.47. The van der Waals surface area contributed by atoms with Crippen molar-refractivity contribution in [3.8, 4) is 0 Å². The van der Waals surface area contributed by atoms with E-state index >= 15 is 0 Å². The summed E-state index contributed by atoms with van der Waals surface area (Å²) in [7, 11) is 0. The van der Waals surface area contributed by atoms with Crippen LogP contribution in [0.25, 0.3) is 0 Å². The van der Waals surface area contributed by atoms with Crippen molar-refractivity contribution in [2.75, 3.05) is 39.4 Å². The molecular formula is C14H20ClF3N4O2. The van der Waals surface area contributed by atoms with Crippen molar-refractivity contribution in [3.05, 3.63) is 16.4 Å². The van der Waals surface area contributed by atoms with Gasteiger partial charge >= 0.3 is 6.18 Å². The molecule has 1 aliphatic heterocycles. The number of ether oxygens (including phenoxy) is 1. The fraction of sp³-hybridized carbons (Fsp3) is 0.714. The van der Waals surface area contributed by atoms with Gasteiger partial charge < -0.3 is 10.1 Å². The van der Waals surface area contributed by atoms with E-state index in [4.69, 9.17) is 16.3 Å². The van der Waals surface area contributed by atoms with Gasteiger partial charge in [0.15, 0.2) is 5.69 Å². The largest absolute Gasteiger partial charge is 0.436 e. The number of alkyl halides is 3. The summed E-state index contributed by atoms with van der Waals surface area (Å²) in [5, 5.41) is 5.61. The van der Waals surface area contributed by atoms with Crippen molar-refractivity contribution in [1.29, 1.82) is 0 Å². The Morgan fingerprint density at radius 3 is 2.62 bits per heavy atom. The van der Waals surface area contributed by atoms with Gasteiger partial charge in [-0.15, -0.1) is 0 Å². The number of carbonyl (C=O) groups is 1. The first-order valence-corrected chi connectivity index (χ1v) is 8.03. The first-order chi connectivity index (χ1) is 11.3. The second kappa shape index (κ2) is 8.17. The molecule has 2 heterocycles. The highest BCUT2D eigenvalue weighted by atomic mass is 35.5. The van der Waals surface area contributed by atoms with Crippen LogP contribution >= 0.6 is 11.6 Å². The highest BCUT2D eigenvalue weighted by molar-refractivity contribution is 6.32. The number of halogens is 4. The van der Waals surface area contributed by atoms with Crippen molar-refractivity contribution < 1.29 is 22.7 Å². The molecule has 0 saturated carbocycles. The molecule has 24 heavy (non-hydrogen) atoms. The molecule has 1 N–H and O–H groups in total. The molecule has 0 bridgehead atoms. The summed E-state index contributed by atoms with van der Waals surface area (Å²) < 4.78 is 44.4. The van der Waals surface area contributed by atoms with Crippen molar-refractivity contribution >= 4 is 17.5 Å². The highest BCUT2D eigenvalue weighted by Gasteiger charge is 2.38. The van der Waals surface area contributed by atoms with E-state index in [2.05, 4.69) is 15.3 Å². The average Bonchev–Trinajstić information content (AvgIpc) is 2.81. The Hall–Kier alpha value is -1.32. The highest BCUT2D eigenvalue weighted by Crippen LogP contribution is 2.35. The Labute approximate surface area is 142 Å². The van der Waals surface area contributed by atoms with Gasteiger partial charge in [0.25, 0.3) is 0 Å². The van der Waals surface area contributed by atoms with Gasteiger partial charge in [-0.1, -0.05) is 11.6 Å². The molecule has 0 atom stereocenters. The number of aromatic nitrogens is 2. The van der Waals surface area contributed by atoms with Gasteiger partial charge in [-0.25, -0.2) is 0 Å². The molecule has 1 aromatic rings. The molecular weight excluding hydrogens is 349 g/mol. The van der Waals surface area contributed by atoms with Gasteiger partial charge in [0, 0.05) is 19.6 Å². The molecule has 1 aliphatic rings. The summed E-state index contributed by atoms with van der Waals surface area (Å²) in [6.07, 6.45) is -3.87. The Morgan fingerprint density at radius 1 is 1.38 bits per heavy atom. The van der Waals surface area contributed by atoms with Crippen LogP contribution in [0.2, 0.25) is 5.02 Å². The minimum atomic E-state index is -4.64. The van der Waals surface area contributed by atoms with Crippen molar-refractivity contribution in [3.63, 3.8) is 0 Å². The second-order valence-corrected chi connectivity index (χ2v) is 5.94. The van der Waals surface area contributed by atoms with Crippen LogP contribution in [0.5, 0.6) is 0 Å². The predicted octanol–water partition coefficient (Wildman–Crippen LogP) is 1.70. The lowest BCUT2D eigenvalue weighted by Gasteiger charge is -2.26. The maximum absolute atomic E-state index is 12.7. The number of nitrogens with zero attached hydrogens (tertiary/aromatic N) is 3. The maximum atomic E-state index is 12.7. The van der Waals surface area contributed by atoms with Crippen LogP contribution in [0.1, 0.15) is 17.8 Å². The fourth-order valence-corrected chi connectivity index (χ4v) is 2.65. The van der Waals surface area contributed by atoms with E-state index in [1.807, 2.05) is 0 Å². The number of hydrogen-bond acceptors (Lipinski definition) is 4. The number of morpholine rings is 1. The number of amides is 1. The SMILES string of the molecule is Cc1c(Cl)c(C(F)(F)F)nn1CC(=O)NCCCN1CCOCC1. The van der Waals surface area contributed by atoms with Gasteiger partial charge in [0.05, 0.1) is 23.9 Å². The Morgan fingerprint density at radius 2 is 2.04 bits per heavy atom. The lowest BCUT2D eigenvalue weighted by atomic mass is 10.3. The standard InChI is InChI=1S/C14H20ClF3N4O2/c1-10-12(15)13(14(16,17)18)20-22(10)9-11(23)19-3-2-4-21-5-7-24-8-6-21/h2-9H2,1H3,(H,19,23). The normalized spacial score (nSPS) is 16.4. The van der Waals surface area contributed by atoms with Crippen LogP contribution in [0, 0.1) is 6.92 Å². The third kappa shape index (κ3) is 5.09. The summed E-state index contributed by atoms with van der Waals surface area (Å²) >= 11 is 5.64. The maximum Gasteiger partial charge on any atom is 0.436 e. The zero-order valence-corrected chi connectivity index (χ0v) is 14.1. The van der Waals surface area contributed by atoms with Crippen LogP contribution in [-0.4, -0.2) is 60.0 Å². The Balaban J connectivity index is 1.78. The zero-order valence-electron chi connectivity index (χ0n) is 13.3. The van der Waals surface area contributed by atoms with Crippen LogP contribution in [-0.2, 0) is 22.3 Å². The van der Waals surface area contributed by atoms with Crippen LogP contribution in [0.4, 0.5) is 13.2 Å². The molecule has 1 saturated heterocycles.